The molecule has 2 heterocycles. The Kier molecular flexibility index (Phi) is 4.25. The largest absolute Gasteiger partial charge is 0.504 e. The molecule has 2 aromatic heterocycles. The normalized spacial score (nSPS) is 11.6. The fraction of sp³-hybridized carbons (Fsp3) is 0.0625. The van der Waals surface area contributed by atoms with Crippen LogP contribution in [-0.4, -0.2) is 26.1 Å². The molecule has 6 nitrogen and oxygen atoms in total. The number of carbonyl (C=O) groups is 1. The Morgan fingerprint density at radius 3 is 2.96 bits per heavy atom. The first-order valence-electron chi connectivity index (χ1n) is 6.75. The van der Waals surface area contributed by atoms with Crippen molar-refractivity contribution in [1.29, 1.82) is 0 Å². The lowest BCUT2D eigenvalue weighted by molar-refractivity contribution is 0.104. The lowest BCUT2D eigenvalue weighted by atomic mass is 10.1. The van der Waals surface area contributed by atoms with E-state index in [4.69, 9.17) is 16.0 Å². The topological polar surface area (TPSA) is 92.0 Å². The molecule has 0 saturated carbocycles. The summed E-state index contributed by atoms with van der Waals surface area (Å²) in [7, 11) is 0. The minimum absolute atomic E-state index is 0.0538. The Morgan fingerprint density at radius 1 is 1.39 bits per heavy atom. The molecule has 1 aromatic carbocycles. The van der Waals surface area contributed by atoms with E-state index in [1.807, 2.05) is 18.2 Å². The third-order valence-corrected chi connectivity index (χ3v) is 3.54. The third-order valence-electron chi connectivity index (χ3n) is 3.17. The maximum Gasteiger partial charge on any atom is 0.215 e. The van der Waals surface area contributed by atoms with Gasteiger partial charge in [-0.1, -0.05) is 29.8 Å². The number of ketones is 1. The number of hydrogen-bond acceptors (Lipinski definition) is 5. The number of aromatic nitrogens is 3. The molecule has 116 valence electrons. The van der Waals surface area contributed by atoms with E-state index in [0.29, 0.717) is 22.8 Å². The molecule has 0 spiro atoms. The zero-order valence-corrected chi connectivity index (χ0v) is 12.6. The van der Waals surface area contributed by atoms with Crippen LogP contribution in [0.3, 0.4) is 0 Å². The van der Waals surface area contributed by atoms with Gasteiger partial charge in [0.2, 0.25) is 5.82 Å². The molecule has 0 saturated heterocycles. The van der Waals surface area contributed by atoms with Gasteiger partial charge in [0.15, 0.2) is 11.5 Å². The van der Waals surface area contributed by atoms with Crippen molar-refractivity contribution in [3.05, 3.63) is 76.7 Å². The number of nitrogens with zero attached hydrogens (tertiary/aromatic N) is 2. The van der Waals surface area contributed by atoms with Crippen molar-refractivity contribution in [3.8, 4) is 0 Å². The highest BCUT2D eigenvalue weighted by atomic mass is 35.5. The summed E-state index contributed by atoms with van der Waals surface area (Å²) in [4.78, 5) is 15.9. The summed E-state index contributed by atoms with van der Waals surface area (Å²) in [6, 6.07) is 9.03. The van der Waals surface area contributed by atoms with Gasteiger partial charge >= 0.3 is 0 Å². The zero-order chi connectivity index (χ0) is 16.2. The summed E-state index contributed by atoms with van der Waals surface area (Å²) < 4.78 is 5.39. The number of H-pyrrole nitrogens is 1. The summed E-state index contributed by atoms with van der Waals surface area (Å²) >= 11 is 6.10. The highest BCUT2D eigenvalue weighted by Gasteiger charge is 2.12. The van der Waals surface area contributed by atoms with Crippen LogP contribution in [0.2, 0.25) is 5.02 Å². The Labute approximate surface area is 136 Å². The number of furan rings is 1. The van der Waals surface area contributed by atoms with Gasteiger partial charge < -0.3 is 9.52 Å². The van der Waals surface area contributed by atoms with Gasteiger partial charge in [0, 0.05) is 17.5 Å². The van der Waals surface area contributed by atoms with E-state index in [-0.39, 0.29) is 11.6 Å². The van der Waals surface area contributed by atoms with Crippen molar-refractivity contribution in [2.45, 2.75) is 6.42 Å². The average Bonchev–Trinajstić information content (AvgIpc) is 3.21. The Bertz CT molecular complexity index is 853. The van der Waals surface area contributed by atoms with Crippen LogP contribution in [0.5, 0.6) is 0 Å². The van der Waals surface area contributed by atoms with Crippen molar-refractivity contribution < 1.29 is 14.3 Å². The van der Waals surface area contributed by atoms with Gasteiger partial charge in [0.25, 0.3) is 0 Å². The number of rotatable bonds is 5. The Morgan fingerprint density at radius 2 is 2.22 bits per heavy atom. The van der Waals surface area contributed by atoms with Gasteiger partial charge in [0.05, 0.1) is 5.56 Å². The zero-order valence-electron chi connectivity index (χ0n) is 11.9. The van der Waals surface area contributed by atoms with Crippen molar-refractivity contribution >= 4 is 23.1 Å². The molecular weight excluding hydrogens is 318 g/mol. The Hall–Kier alpha value is -2.86. The van der Waals surface area contributed by atoms with E-state index in [0.717, 1.165) is 11.6 Å². The highest BCUT2D eigenvalue weighted by molar-refractivity contribution is 6.31. The van der Waals surface area contributed by atoms with Crippen LogP contribution in [0.1, 0.15) is 27.5 Å². The molecule has 3 rings (SSSR count). The maximum atomic E-state index is 12.1. The van der Waals surface area contributed by atoms with Crippen LogP contribution < -0.4 is 0 Å². The second kappa shape index (κ2) is 6.50. The average molecular weight is 330 g/mol. The molecule has 0 aliphatic heterocycles. The van der Waals surface area contributed by atoms with Crippen LogP contribution in [0.4, 0.5) is 0 Å². The number of aliphatic hydroxyl groups excluding tert-OH is 1. The number of carbonyl (C=O) groups excluding carboxylic acids is 1. The summed E-state index contributed by atoms with van der Waals surface area (Å²) in [6.07, 6.45) is 4.18. The minimum Gasteiger partial charge on any atom is -0.504 e. The predicted octanol–water partition coefficient (Wildman–Crippen LogP) is 3.42. The van der Waals surface area contributed by atoms with E-state index in [2.05, 4.69) is 15.2 Å². The number of benzene rings is 1. The van der Waals surface area contributed by atoms with Gasteiger partial charge in [0.1, 0.15) is 18.4 Å². The first-order valence-corrected chi connectivity index (χ1v) is 7.13. The molecule has 0 unspecified atom stereocenters. The van der Waals surface area contributed by atoms with Crippen molar-refractivity contribution in [3.63, 3.8) is 0 Å². The van der Waals surface area contributed by atoms with Gasteiger partial charge in [-0.15, -0.1) is 0 Å². The van der Waals surface area contributed by atoms with Crippen LogP contribution in [0.15, 0.2) is 53.4 Å². The van der Waals surface area contributed by atoms with E-state index in [1.54, 1.807) is 12.1 Å². The fourth-order valence-electron chi connectivity index (χ4n) is 2.04. The number of halogens is 1. The van der Waals surface area contributed by atoms with Gasteiger partial charge in [-0.2, -0.15) is 5.10 Å². The van der Waals surface area contributed by atoms with Crippen LogP contribution in [0.25, 0.3) is 5.76 Å². The number of aliphatic hydroxyl groups is 1. The summed E-state index contributed by atoms with van der Waals surface area (Å²) in [5.41, 5.74) is 1.23. The minimum atomic E-state index is -0.401. The first kappa shape index (κ1) is 15.1. The summed E-state index contributed by atoms with van der Waals surface area (Å²) in [5.74, 6) is -0.0584. The second-order valence-corrected chi connectivity index (χ2v) is 5.19. The molecule has 0 amide bonds. The summed E-state index contributed by atoms with van der Waals surface area (Å²) in [5, 5.41) is 16.5. The monoisotopic (exact) mass is 329 g/mol. The summed E-state index contributed by atoms with van der Waals surface area (Å²) in [6.45, 7) is 0. The maximum absolute atomic E-state index is 12.1. The van der Waals surface area contributed by atoms with Crippen molar-refractivity contribution in [2.75, 3.05) is 0 Å². The number of aromatic amines is 1. The van der Waals surface area contributed by atoms with Crippen LogP contribution in [0, 0.1) is 0 Å². The van der Waals surface area contributed by atoms with Gasteiger partial charge in [-0.25, -0.2) is 4.98 Å². The fourth-order valence-corrected chi connectivity index (χ4v) is 2.24. The molecule has 3 aromatic rings. The smallest absolute Gasteiger partial charge is 0.215 e. The lowest BCUT2D eigenvalue weighted by Crippen LogP contribution is -1.96. The standard InChI is InChI=1S/C16H12ClN3O3/c17-13-4-2-1-3-10(13)5-12-6-11(8-23-12)14(21)7-15(22)16-18-9-19-20-16/h1-4,6-9,22H,5H2,(H,18,19,20). The van der Waals surface area contributed by atoms with Crippen molar-refractivity contribution in [2.24, 2.45) is 0 Å². The Balaban J connectivity index is 1.75. The number of allylic oxidation sites excluding steroid dienone is 1. The predicted molar refractivity (Wildman–Crippen MR) is 84.3 cm³/mol. The molecule has 0 fully saturated rings. The molecule has 0 aliphatic carbocycles. The van der Waals surface area contributed by atoms with Crippen LogP contribution >= 0.6 is 11.6 Å². The van der Waals surface area contributed by atoms with Gasteiger partial charge in [-0.3, -0.25) is 9.89 Å². The highest BCUT2D eigenvalue weighted by Crippen LogP contribution is 2.20. The van der Waals surface area contributed by atoms with E-state index in [9.17, 15) is 9.90 Å². The SMILES string of the molecule is O=C(C=C(O)c1nc[nH]n1)c1coc(Cc2ccccc2Cl)c1. The quantitative estimate of drug-likeness (QED) is 0.425. The first-order chi connectivity index (χ1) is 11.1. The molecular formula is C16H12ClN3O3. The van der Waals surface area contributed by atoms with E-state index >= 15 is 0 Å². The van der Waals surface area contributed by atoms with Crippen LogP contribution in [-0.2, 0) is 6.42 Å². The molecule has 23 heavy (non-hydrogen) atoms. The molecule has 0 atom stereocenters. The van der Waals surface area contributed by atoms with Gasteiger partial charge in [-0.05, 0) is 17.7 Å². The third kappa shape index (κ3) is 3.49. The van der Waals surface area contributed by atoms with Crippen molar-refractivity contribution in [1.82, 2.24) is 15.2 Å². The number of nitrogens with one attached hydrogen (secondary N) is 1. The van der Waals surface area contributed by atoms with E-state index < -0.39 is 5.78 Å². The second-order valence-electron chi connectivity index (χ2n) is 4.79. The molecule has 0 bridgehead atoms. The molecule has 2 N–H and O–H groups in total. The molecule has 0 radical (unpaired) electrons. The molecule has 0 aliphatic rings. The lowest BCUT2D eigenvalue weighted by Gasteiger charge is -2.00. The number of hydrogen-bond donors (Lipinski definition) is 2. The van der Waals surface area contributed by atoms with E-state index in [1.165, 1.54) is 12.6 Å². The molecule has 7 heteroatoms.